The number of alkyl halides is 3. The summed E-state index contributed by atoms with van der Waals surface area (Å²) in [5.41, 5.74) is 3.24. The lowest BCUT2D eigenvalue weighted by molar-refractivity contribution is -0.137. The molecule has 4 nitrogen and oxygen atoms in total. The molecule has 3 rings (SSSR count). The zero-order valence-electron chi connectivity index (χ0n) is 17.6. The molecular formula is C23H22F4N2O2. The lowest BCUT2D eigenvalue weighted by Gasteiger charge is -2.10. The SMILES string of the molecule is CCOC(=O)c1ccc(-c2c(C)c(Cc3cc(F)cc(C(F)(F)F)c3)nn2C)cc1C. The van der Waals surface area contributed by atoms with Gasteiger partial charge in [0.1, 0.15) is 5.82 Å². The van der Waals surface area contributed by atoms with E-state index in [4.69, 9.17) is 4.74 Å². The number of rotatable bonds is 5. The smallest absolute Gasteiger partial charge is 0.416 e. The standard InChI is InChI=1S/C23H22F4N2O2/c1-5-31-22(30)19-7-6-16(8-13(19)2)21-14(3)20(28-29(21)4)11-15-9-17(23(25,26)27)12-18(24)10-15/h6-10,12H,5,11H2,1-4H3. The van der Waals surface area contributed by atoms with E-state index in [1.165, 1.54) is 0 Å². The molecule has 0 atom stereocenters. The summed E-state index contributed by atoms with van der Waals surface area (Å²) in [6.07, 6.45) is -4.57. The molecule has 2 aromatic carbocycles. The fraction of sp³-hybridized carbons (Fsp3) is 0.304. The van der Waals surface area contributed by atoms with Gasteiger partial charge in [-0.1, -0.05) is 6.07 Å². The summed E-state index contributed by atoms with van der Waals surface area (Å²) in [6, 6.07) is 7.79. The highest BCUT2D eigenvalue weighted by Gasteiger charge is 2.31. The lowest BCUT2D eigenvalue weighted by Crippen LogP contribution is -2.07. The highest BCUT2D eigenvalue weighted by molar-refractivity contribution is 5.91. The molecule has 0 unspecified atom stereocenters. The predicted octanol–water partition coefficient (Wildman–Crippen LogP) is 5.63. The lowest BCUT2D eigenvalue weighted by atomic mass is 9.98. The van der Waals surface area contributed by atoms with E-state index in [0.29, 0.717) is 17.3 Å². The normalized spacial score (nSPS) is 11.6. The van der Waals surface area contributed by atoms with Crippen LogP contribution in [0.25, 0.3) is 11.3 Å². The Balaban J connectivity index is 1.96. The van der Waals surface area contributed by atoms with Crippen molar-refractivity contribution in [2.75, 3.05) is 6.61 Å². The monoisotopic (exact) mass is 434 g/mol. The fourth-order valence-electron chi connectivity index (χ4n) is 3.62. The molecule has 0 fully saturated rings. The Morgan fingerprint density at radius 3 is 2.45 bits per heavy atom. The van der Waals surface area contributed by atoms with E-state index >= 15 is 0 Å². The van der Waals surface area contributed by atoms with Gasteiger partial charge in [0.25, 0.3) is 0 Å². The average molecular weight is 434 g/mol. The number of ether oxygens (including phenoxy) is 1. The van der Waals surface area contributed by atoms with Gasteiger partial charge in [-0.2, -0.15) is 18.3 Å². The van der Waals surface area contributed by atoms with Crippen molar-refractivity contribution in [1.82, 2.24) is 9.78 Å². The van der Waals surface area contributed by atoms with Crippen LogP contribution in [0.4, 0.5) is 17.6 Å². The molecule has 1 aromatic heterocycles. The first-order chi connectivity index (χ1) is 14.5. The number of benzene rings is 2. The Bertz CT molecular complexity index is 1130. The third-order valence-electron chi connectivity index (χ3n) is 5.03. The molecule has 164 valence electrons. The zero-order valence-corrected chi connectivity index (χ0v) is 17.6. The van der Waals surface area contributed by atoms with Gasteiger partial charge in [-0.25, -0.2) is 9.18 Å². The highest BCUT2D eigenvalue weighted by Crippen LogP contribution is 2.32. The molecule has 3 aromatic rings. The maximum atomic E-state index is 13.7. The van der Waals surface area contributed by atoms with Crippen LogP contribution in [0, 0.1) is 19.7 Å². The third kappa shape index (κ3) is 4.78. The van der Waals surface area contributed by atoms with Crippen LogP contribution in [0.5, 0.6) is 0 Å². The Morgan fingerprint density at radius 1 is 1.13 bits per heavy atom. The number of hydrogen-bond donors (Lipinski definition) is 0. The zero-order chi connectivity index (χ0) is 22.9. The molecule has 0 N–H and O–H groups in total. The molecule has 0 amide bonds. The van der Waals surface area contributed by atoms with E-state index in [0.717, 1.165) is 34.5 Å². The van der Waals surface area contributed by atoms with E-state index in [9.17, 15) is 22.4 Å². The summed E-state index contributed by atoms with van der Waals surface area (Å²) in [5, 5.41) is 4.44. The number of aryl methyl sites for hydroxylation is 2. The van der Waals surface area contributed by atoms with Crippen LogP contribution in [-0.4, -0.2) is 22.4 Å². The van der Waals surface area contributed by atoms with Gasteiger partial charge in [0.15, 0.2) is 0 Å². The van der Waals surface area contributed by atoms with E-state index in [-0.39, 0.29) is 18.6 Å². The summed E-state index contributed by atoms with van der Waals surface area (Å²) < 4.78 is 59.5. The number of esters is 1. The first-order valence-corrected chi connectivity index (χ1v) is 9.68. The van der Waals surface area contributed by atoms with E-state index in [1.807, 2.05) is 13.0 Å². The maximum Gasteiger partial charge on any atom is 0.416 e. The van der Waals surface area contributed by atoms with Gasteiger partial charge in [0.05, 0.1) is 29.1 Å². The Morgan fingerprint density at radius 2 is 1.84 bits per heavy atom. The summed E-state index contributed by atoms with van der Waals surface area (Å²) >= 11 is 0. The molecule has 0 radical (unpaired) electrons. The minimum atomic E-state index is -4.63. The number of nitrogens with zero attached hydrogens (tertiary/aromatic N) is 2. The molecule has 1 heterocycles. The van der Waals surface area contributed by atoms with Gasteiger partial charge >= 0.3 is 12.1 Å². The van der Waals surface area contributed by atoms with Crippen molar-refractivity contribution in [2.24, 2.45) is 7.05 Å². The second-order valence-corrected chi connectivity index (χ2v) is 7.32. The van der Waals surface area contributed by atoms with Crippen LogP contribution in [0.3, 0.4) is 0 Å². The van der Waals surface area contributed by atoms with Crippen LogP contribution in [-0.2, 0) is 24.4 Å². The number of halogens is 4. The van der Waals surface area contributed by atoms with Crippen molar-refractivity contribution in [3.8, 4) is 11.3 Å². The van der Waals surface area contributed by atoms with Crippen LogP contribution < -0.4 is 0 Å². The number of aromatic nitrogens is 2. The minimum Gasteiger partial charge on any atom is -0.462 e. The van der Waals surface area contributed by atoms with E-state index in [2.05, 4.69) is 5.10 Å². The number of carbonyl (C=O) groups excluding carboxylic acids is 1. The van der Waals surface area contributed by atoms with Crippen LogP contribution in [0.1, 0.15) is 45.2 Å². The topological polar surface area (TPSA) is 44.1 Å². The predicted molar refractivity (Wildman–Crippen MR) is 108 cm³/mol. The second-order valence-electron chi connectivity index (χ2n) is 7.32. The van der Waals surface area contributed by atoms with E-state index in [1.54, 1.807) is 37.7 Å². The number of carbonyl (C=O) groups is 1. The van der Waals surface area contributed by atoms with Crippen molar-refractivity contribution in [3.63, 3.8) is 0 Å². The maximum absolute atomic E-state index is 13.7. The first-order valence-electron chi connectivity index (χ1n) is 9.68. The minimum absolute atomic E-state index is 0.0560. The Kier molecular flexibility index (Phi) is 6.20. The molecular weight excluding hydrogens is 412 g/mol. The fourth-order valence-corrected chi connectivity index (χ4v) is 3.62. The molecule has 0 saturated heterocycles. The quantitative estimate of drug-likeness (QED) is 0.386. The Labute approximate surface area is 177 Å². The van der Waals surface area contributed by atoms with Crippen LogP contribution in [0.2, 0.25) is 0 Å². The second kappa shape index (κ2) is 8.53. The average Bonchev–Trinajstić information content (AvgIpc) is 2.93. The third-order valence-corrected chi connectivity index (χ3v) is 5.03. The molecule has 0 bridgehead atoms. The van der Waals surface area contributed by atoms with Crippen LogP contribution >= 0.6 is 0 Å². The molecule has 0 aliphatic heterocycles. The molecule has 0 saturated carbocycles. The largest absolute Gasteiger partial charge is 0.462 e. The molecule has 8 heteroatoms. The van der Waals surface area contributed by atoms with Gasteiger partial charge in [0, 0.05) is 19.0 Å². The molecule has 0 aliphatic carbocycles. The van der Waals surface area contributed by atoms with Gasteiger partial charge in [-0.15, -0.1) is 0 Å². The van der Waals surface area contributed by atoms with Gasteiger partial charge in [-0.3, -0.25) is 4.68 Å². The summed E-state index contributed by atoms with van der Waals surface area (Å²) in [7, 11) is 1.73. The molecule has 0 aliphatic rings. The van der Waals surface area contributed by atoms with Crippen LogP contribution in [0.15, 0.2) is 36.4 Å². The summed E-state index contributed by atoms with van der Waals surface area (Å²) in [5.74, 6) is -1.34. The highest BCUT2D eigenvalue weighted by atomic mass is 19.4. The van der Waals surface area contributed by atoms with Crippen molar-refractivity contribution in [2.45, 2.75) is 33.4 Å². The molecule has 31 heavy (non-hydrogen) atoms. The summed E-state index contributed by atoms with van der Waals surface area (Å²) in [6.45, 7) is 5.63. The van der Waals surface area contributed by atoms with Gasteiger partial charge in [-0.05, 0) is 67.8 Å². The van der Waals surface area contributed by atoms with Gasteiger partial charge in [0.2, 0.25) is 0 Å². The summed E-state index contributed by atoms with van der Waals surface area (Å²) in [4.78, 5) is 12.0. The number of hydrogen-bond acceptors (Lipinski definition) is 3. The molecule has 0 spiro atoms. The Hall–Kier alpha value is -3.16. The van der Waals surface area contributed by atoms with Crippen molar-refractivity contribution in [3.05, 3.63) is 75.7 Å². The van der Waals surface area contributed by atoms with Crippen molar-refractivity contribution in [1.29, 1.82) is 0 Å². The van der Waals surface area contributed by atoms with Crippen molar-refractivity contribution < 1.29 is 27.1 Å². The van der Waals surface area contributed by atoms with E-state index < -0.39 is 23.5 Å². The van der Waals surface area contributed by atoms with Crippen molar-refractivity contribution >= 4 is 5.97 Å². The van der Waals surface area contributed by atoms with Gasteiger partial charge < -0.3 is 4.74 Å². The first kappa shape index (κ1) is 22.5.